The first-order chi connectivity index (χ1) is 10.2. The third-order valence-electron chi connectivity index (χ3n) is 3.54. The van der Waals surface area contributed by atoms with Crippen molar-refractivity contribution in [2.75, 3.05) is 11.4 Å². The summed E-state index contributed by atoms with van der Waals surface area (Å²) in [5, 5.41) is 0. The number of pyridine rings is 1. The molecule has 3 aromatic rings. The molecule has 106 valence electrons. The lowest BCUT2D eigenvalue weighted by Crippen LogP contribution is -2.32. The van der Waals surface area contributed by atoms with Crippen molar-refractivity contribution in [2.24, 2.45) is 0 Å². The van der Waals surface area contributed by atoms with Gasteiger partial charge in [0.25, 0.3) is 5.91 Å². The monoisotopic (exact) mass is 279 g/mol. The summed E-state index contributed by atoms with van der Waals surface area (Å²) < 4.78 is 1.85. The highest BCUT2D eigenvalue weighted by molar-refractivity contribution is 6.06. The zero-order valence-electron chi connectivity index (χ0n) is 12.2. The largest absolute Gasteiger partial charge is 0.307 e. The van der Waals surface area contributed by atoms with Crippen LogP contribution in [0.3, 0.4) is 0 Å². The van der Waals surface area contributed by atoms with Gasteiger partial charge in [0.15, 0.2) is 0 Å². The number of aryl methyl sites for hydroxylation is 1. The first kappa shape index (κ1) is 13.4. The molecule has 0 radical (unpaired) electrons. The van der Waals surface area contributed by atoms with Crippen LogP contribution in [-0.2, 0) is 0 Å². The van der Waals surface area contributed by atoms with Gasteiger partial charge in [0.1, 0.15) is 11.3 Å². The number of aromatic nitrogens is 2. The Bertz CT molecular complexity index is 777. The van der Waals surface area contributed by atoms with Crippen LogP contribution in [0.25, 0.3) is 5.65 Å². The van der Waals surface area contributed by atoms with Crippen LogP contribution in [0.1, 0.15) is 23.1 Å². The number of imidazole rings is 1. The summed E-state index contributed by atoms with van der Waals surface area (Å²) in [4.78, 5) is 19.2. The number of nitrogens with zero attached hydrogens (tertiary/aromatic N) is 3. The van der Waals surface area contributed by atoms with Crippen LogP contribution < -0.4 is 4.90 Å². The van der Waals surface area contributed by atoms with E-state index < -0.39 is 0 Å². The molecule has 0 unspecified atom stereocenters. The SMILES string of the molecule is CCN(C(=O)c1c(C)nc2ccccn12)c1ccccc1. The Morgan fingerprint density at radius 1 is 1.14 bits per heavy atom. The van der Waals surface area contributed by atoms with Crippen LogP contribution in [0, 0.1) is 6.92 Å². The lowest BCUT2D eigenvalue weighted by Gasteiger charge is -2.21. The molecule has 3 rings (SSSR count). The topological polar surface area (TPSA) is 37.6 Å². The van der Waals surface area contributed by atoms with Crippen LogP contribution in [0.2, 0.25) is 0 Å². The zero-order valence-corrected chi connectivity index (χ0v) is 12.2. The number of carbonyl (C=O) groups excluding carboxylic acids is 1. The number of amides is 1. The van der Waals surface area contributed by atoms with Crippen LogP contribution in [0.4, 0.5) is 5.69 Å². The molecule has 0 atom stereocenters. The van der Waals surface area contributed by atoms with Gasteiger partial charge in [0.2, 0.25) is 0 Å². The number of hydrogen-bond acceptors (Lipinski definition) is 2. The minimum absolute atomic E-state index is 0.0279. The molecule has 0 aliphatic rings. The number of benzene rings is 1. The first-order valence-electron chi connectivity index (χ1n) is 7.03. The Hall–Kier alpha value is -2.62. The maximum absolute atomic E-state index is 12.9. The van der Waals surface area contributed by atoms with Gasteiger partial charge in [-0.3, -0.25) is 9.20 Å². The molecular weight excluding hydrogens is 262 g/mol. The fraction of sp³-hybridized carbons (Fsp3) is 0.176. The highest BCUT2D eigenvalue weighted by atomic mass is 16.2. The fourth-order valence-electron chi connectivity index (χ4n) is 2.55. The second kappa shape index (κ2) is 5.40. The van der Waals surface area contributed by atoms with E-state index in [1.54, 1.807) is 4.90 Å². The average Bonchev–Trinajstić information content (AvgIpc) is 2.84. The molecule has 1 amide bonds. The Labute approximate surface area is 123 Å². The number of carbonyl (C=O) groups is 1. The van der Waals surface area contributed by atoms with Gasteiger partial charge in [0, 0.05) is 18.4 Å². The second-order valence-electron chi connectivity index (χ2n) is 4.86. The molecule has 0 N–H and O–H groups in total. The fourth-order valence-corrected chi connectivity index (χ4v) is 2.55. The van der Waals surface area contributed by atoms with Crippen molar-refractivity contribution >= 4 is 17.2 Å². The smallest absolute Gasteiger partial charge is 0.277 e. The van der Waals surface area contributed by atoms with Crippen molar-refractivity contribution in [1.29, 1.82) is 0 Å². The van der Waals surface area contributed by atoms with E-state index in [1.165, 1.54) is 0 Å². The van der Waals surface area contributed by atoms with Gasteiger partial charge in [0.05, 0.1) is 5.69 Å². The van der Waals surface area contributed by atoms with Crippen molar-refractivity contribution < 1.29 is 4.79 Å². The summed E-state index contributed by atoms with van der Waals surface area (Å²) in [5.74, 6) is -0.0279. The predicted molar refractivity (Wildman–Crippen MR) is 83.7 cm³/mol. The maximum Gasteiger partial charge on any atom is 0.277 e. The number of fused-ring (bicyclic) bond motifs is 1. The van der Waals surface area contributed by atoms with E-state index in [0.29, 0.717) is 12.2 Å². The molecule has 0 bridgehead atoms. The lowest BCUT2D eigenvalue weighted by molar-refractivity contribution is 0.0982. The third-order valence-corrected chi connectivity index (χ3v) is 3.54. The average molecular weight is 279 g/mol. The molecule has 4 heteroatoms. The first-order valence-corrected chi connectivity index (χ1v) is 7.03. The lowest BCUT2D eigenvalue weighted by atomic mass is 10.2. The van der Waals surface area contributed by atoms with Crippen molar-refractivity contribution in [3.05, 3.63) is 66.1 Å². The quantitative estimate of drug-likeness (QED) is 0.737. The van der Waals surface area contributed by atoms with Crippen molar-refractivity contribution in [3.8, 4) is 0 Å². The van der Waals surface area contributed by atoms with Crippen LogP contribution in [0.15, 0.2) is 54.7 Å². The van der Waals surface area contributed by atoms with Crippen LogP contribution in [0.5, 0.6) is 0 Å². The van der Waals surface area contributed by atoms with E-state index in [9.17, 15) is 4.79 Å². The number of hydrogen-bond donors (Lipinski definition) is 0. The molecule has 0 aliphatic heterocycles. The van der Waals surface area contributed by atoms with Gasteiger partial charge in [-0.1, -0.05) is 24.3 Å². The molecule has 21 heavy (non-hydrogen) atoms. The number of rotatable bonds is 3. The van der Waals surface area contributed by atoms with Gasteiger partial charge >= 0.3 is 0 Å². The molecule has 2 aromatic heterocycles. The van der Waals surface area contributed by atoms with Crippen molar-refractivity contribution in [2.45, 2.75) is 13.8 Å². The molecular formula is C17H17N3O. The van der Waals surface area contributed by atoms with E-state index in [1.807, 2.05) is 73.0 Å². The Morgan fingerprint density at radius 2 is 1.86 bits per heavy atom. The summed E-state index contributed by atoms with van der Waals surface area (Å²) in [6.45, 7) is 4.46. The summed E-state index contributed by atoms with van der Waals surface area (Å²) in [6, 6.07) is 15.4. The highest BCUT2D eigenvalue weighted by Crippen LogP contribution is 2.19. The Morgan fingerprint density at radius 3 is 2.57 bits per heavy atom. The molecule has 2 heterocycles. The summed E-state index contributed by atoms with van der Waals surface area (Å²) >= 11 is 0. The van der Waals surface area contributed by atoms with E-state index in [-0.39, 0.29) is 5.91 Å². The second-order valence-corrected chi connectivity index (χ2v) is 4.86. The summed E-state index contributed by atoms with van der Waals surface area (Å²) in [7, 11) is 0. The van der Waals surface area contributed by atoms with Crippen molar-refractivity contribution in [1.82, 2.24) is 9.38 Å². The third kappa shape index (κ3) is 2.29. The van der Waals surface area contributed by atoms with E-state index >= 15 is 0 Å². The maximum atomic E-state index is 12.9. The zero-order chi connectivity index (χ0) is 14.8. The molecule has 4 nitrogen and oxygen atoms in total. The number of anilines is 1. The molecule has 0 aliphatic carbocycles. The minimum atomic E-state index is -0.0279. The van der Waals surface area contributed by atoms with Gasteiger partial charge in [-0.15, -0.1) is 0 Å². The molecule has 0 fully saturated rings. The van der Waals surface area contributed by atoms with Gasteiger partial charge < -0.3 is 4.90 Å². The van der Waals surface area contributed by atoms with E-state index in [4.69, 9.17) is 0 Å². The minimum Gasteiger partial charge on any atom is -0.307 e. The Kier molecular flexibility index (Phi) is 3.44. The summed E-state index contributed by atoms with van der Waals surface area (Å²) in [6.07, 6.45) is 1.88. The molecule has 0 saturated heterocycles. The molecule has 0 saturated carbocycles. The van der Waals surface area contributed by atoms with Crippen LogP contribution in [-0.4, -0.2) is 21.8 Å². The normalized spacial score (nSPS) is 10.8. The number of para-hydroxylation sites is 1. The molecule has 1 aromatic carbocycles. The van der Waals surface area contributed by atoms with Crippen molar-refractivity contribution in [3.63, 3.8) is 0 Å². The van der Waals surface area contributed by atoms with E-state index in [0.717, 1.165) is 17.0 Å². The highest BCUT2D eigenvalue weighted by Gasteiger charge is 2.22. The predicted octanol–water partition coefficient (Wildman–Crippen LogP) is 3.31. The van der Waals surface area contributed by atoms with Gasteiger partial charge in [-0.25, -0.2) is 4.98 Å². The molecule has 0 spiro atoms. The summed E-state index contributed by atoms with van der Waals surface area (Å²) in [5.41, 5.74) is 3.06. The van der Waals surface area contributed by atoms with Gasteiger partial charge in [-0.2, -0.15) is 0 Å². The van der Waals surface area contributed by atoms with Crippen LogP contribution >= 0.6 is 0 Å². The standard InChI is InChI=1S/C17H17N3O/c1-3-19(14-9-5-4-6-10-14)17(21)16-13(2)18-15-11-7-8-12-20(15)16/h4-12H,3H2,1-2H3. The van der Waals surface area contributed by atoms with Gasteiger partial charge in [-0.05, 0) is 38.1 Å². The van der Waals surface area contributed by atoms with E-state index in [2.05, 4.69) is 4.98 Å². The Balaban J connectivity index is 2.09.